The van der Waals surface area contributed by atoms with Gasteiger partial charge in [0.25, 0.3) is 11.6 Å². The third kappa shape index (κ3) is 3.55. The Bertz CT molecular complexity index is 568. The van der Waals surface area contributed by atoms with Gasteiger partial charge in [-0.05, 0) is 44.7 Å². The molecule has 1 saturated carbocycles. The van der Waals surface area contributed by atoms with E-state index in [1.165, 1.54) is 6.92 Å². The van der Waals surface area contributed by atoms with Crippen LogP contribution in [0.4, 0.5) is 10.1 Å². The first-order chi connectivity index (χ1) is 9.88. The summed E-state index contributed by atoms with van der Waals surface area (Å²) in [7, 11) is 0. The second kappa shape index (κ2) is 6.17. The van der Waals surface area contributed by atoms with Crippen LogP contribution in [-0.2, 0) is 0 Å². The summed E-state index contributed by atoms with van der Waals surface area (Å²) in [4.78, 5) is 22.6. The Labute approximate surface area is 121 Å². The fourth-order valence-corrected chi connectivity index (χ4v) is 2.63. The van der Waals surface area contributed by atoms with Crippen molar-refractivity contribution >= 4 is 11.6 Å². The lowest BCUT2D eigenvalue weighted by atomic mass is 9.93. The first-order valence-electron chi connectivity index (χ1n) is 6.82. The van der Waals surface area contributed by atoms with Crippen molar-refractivity contribution in [3.63, 3.8) is 0 Å². The van der Waals surface area contributed by atoms with Gasteiger partial charge in [-0.25, -0.2) is 4.39 Å². The van der Waals surface area contributed by atoms with Crippen molar-refractivity contribution in [2.24, 2.45) is 0 Å². The van der Waals surface area contributed by atoms with E-state index in [0.717, 1.165) is 12.1 Å². The van der Waals surface area contributed by atoms with E-state index in [1.54, 1.807) is 0 Å². The van der Waals surface area contributed by atoms with Crippen molar-refractivity contribution in [1.82, 2.24) is 5.32 Å². The van der Waals surface area contributed by atoms with Crippen LogP contribution in [0.5, 0.6) is 0 Å². The molecule has 21 heavy (non-hydrogen) atoms. The first kappa shape index (κ1) is 15.4. The van der Waals surface area contributed by atoms with E-state index in [0.29, 0.717) is 25.7 Å². The lowest BCUT2D eigenvalue weighted by Crippen LogP contribution is -2.38. The molecule has 1 amide bonds. The van der Waals surface area contributed by atoms with E-state index in [2.05, 4.69) is 5.32 Å². The van der Waals surface area contributed by atoms with E-state index < -0.39 is 16.6 Å². The van der Waals surface area contributed by atoms with Gasteiger partial charge < -0.3 is 10.4 Å². The second-order valence-electron chi connectivity index (χ2n) is 5.35. The number of aliphatic hydroxyl groups excluding tert-OH is 1. The molecule has 0 atom stereocenters. The predicted molar refractivity (Wildman–Crippen MR) is 73.5 cm³/mol. The number of carbonyl (C=O) groups excluding carboxylic acids is 1. The molecule has 114 valence electrons. The maximum Gasteiger partial charge on any atom is 0.285 e. The highest BCUT2D eigenvalue weighted by atomic mass is 19.1. The third-order valence-corrected chi connectivity index (χ3v) is 3.72. The predicted octanol–water partition coefficient (Wildman–Crippen LogP) is 2.08. The van der Waals surface area contributed by atoms with Crippen LogP contribution < -0.4 is 5.32 Å². The summed E-state index contributed by atoms with van der Waals surface area (Å²) >= 11 is 0. The smallest absolute Gasteiger partial charge is 0.285 e. The highest BCUT2D eigenvalue weighted by molar-refractivity contribution is 5.98. The Balaban J connectivity index is 2.21. The SMILES string of the molecule is Cc1cc(F)cc(C(=O)NC2CCC(O)CC2)c1[N+](=O)[O-]. The van der Waals surface area contributed by atoms with Crippen LogP contribution in [0.3, 0.4) is 0 Å². The van der Waals surface area contributed by atoms with Crippen molar-refractivity contribution in [3.05, 3.63) is 39.2 Å². The van der Waals surface area contributed by atoms with Crippen molar-refractivity contribution in [1.29, 1.82) is 0 Å². The molecule has 1 aromatic rings. The number of carbonyl (C=O) groups is 1. The van der Waals surface area contributed by atoms with Crippen LogP contribution in [0.2, 0.25) is 0 Å². The molecule has 7 heteroatoms. The van der Waals surface area contributed by atoms with Gasteiger partial charge in [0.1, 0.15) is 11.4 Å². The highest BCUT2D eigenvalue weighted by Crippen LogP contribution is 2.26. The molecule has 0 unspecified atom stereocenters. The molecule has 1 aliphatic rings. The maximum absolute atomic E-state index is 13.4. The van der Waals surface area contributed by atoms with Gasteiger partial charge >= 0.3 is 0 Å². The molecular formula is C14H17FN2O4. The molecule has 2 N–H and O–H groups in total. The second-order valence-corrected chi connectivity index (χ2v) is 5.35. The molecular weight excluding hydrogens is 279 g/mol. The number of hydrogen-bond acceptors (Lipinski definition) is 4. The Morgan fingerprint density at radius 2 is 2.00 bits per heavy atom. The number of nitro benzene ring substituents is 1. The number of halogens is 1. The van der Waals surface area contributed by atoms with Gasteiger partial charge in [-0.3, -0.25) is 14.9 Å². The maximum atomic E-state index is 13.4. The zero-order valence-corrected chi connectivity index (χ0v) is 11.6. The van der Waals surface area contributed by atoms with Crippen LogP contribution in [0, 0.1) is 22.9 Å². The largest absolute Gasteiger partial charge is 0.393 e. The minimum atomic E-state index is -0.678. The van der Waals surface area contributed by atoms with Crippen LogP contribution in [0.1, 0.15) is 41.6 Å². The molecule has 1 fully saturated rings. The third-order valence-electron chi connectivity index (χ3n) is 3.72. The Morgan fingerprint density at radius 3 is 2.57 bits per heavy atom. The Kier molecular flexibility index (Phi) is 4.52. The number of aryl methyl sites for hydroxylation is 1. The standard InChI is InChI=1S/C14H17FN2O4/c1-8-6-9(15)7-12(13(8)17(20)21)14(19)16-10-2-4-11(18)5-3-10/h6-7,10-11,18H,2-5H2,1H3,(H,16,19). The summed E-state index contributed by atoms with van der Waals surface area (Å²) < 4.78 is 13.4. The van der Waals surface area contributed by atoms with Crippen LogP contribution in [0.25, 0.3) is 0 Å². The summed E-state index contributed by atoms with van der Waals surface area (Å²) in [5.74, 6) is -1.33. The van der Waals surface area contributed by atoms with Crippen LogP contribution >= 0.6 is 0 Å². The number of nitrogens with zero attached hydrogens (tertiary/aromatic N) is 1. The molecule has 1 aliphatic carbocycles. The summed E-state index contributed by atoms with van der Waals surface area (Å²) in [6.45, 7) is 1.40. The van der Waals surface area contributed by atoms with Gasteiger partial charge in [0.15, 0.2) is 0 Å². The molecule has 1 aromatic carbocycles. The number of benzene rings is 1. The number of aliphatic hydroxyl groups is 1. The normalized spacial score (nSPS) is 21.9. The Hall–Kier alpha value is -2.02. The summed E-state index contributed by atoms with van der Waals surface area (Å²) in [5.41, 5.74) is -0.516. The number of rotatable bonds is 3. The number of nitro groups is 1. The highest BCUT2D eigenvalue weighted by Gasteiger charge is 2.27. The molecule has 0 heterocycles. The zero-order valence-electron chi connectivity index (χ0n) is 11.6. The Morgan fingerprint density at radius 1 is 1.38 bits per heavy atom. The fourth-order valence-electron chi connectivity index (χ4n) is 2.63. The average molecular weight is 296 g/mol. The fraction of sp³-hybridized carbons (Fsp3) is 0.500. The molecule has 6 nitrogen and oxygen atoms in total. The molecule has 0 radical (unpaired) electrons. The first-order valence-corrected chi connectivity index (χ1v) is 6.82. The monoisotopic (exact) mass is 296 g/mol. The van der Waals surface area contributed by atoms with Gasteiger partial charge in [-0.2, -0.15) is 0 Å². The van der Waals surface area contributed by atoms with Crippen molar-refractivity contribution < 1.29 is 19.2 Å². The minimum Gasteiger partial charge on any atom is -0.393 e. The van der Waals surface area contributed by atoms with E-state index >= 15 is 0 Å². The van der Waals surface area contributed by atoms with Crippen molar-refractivity contribution in [3.8, 4) is 0 Å². The van der Waals surface area contributed by atoms with E-state index in [-0.39, 0.29) is 29.0 Å². The van der Waals surface area contributed by atoms with Crippen molar-refractivity contribution in [2.75, 3.05) is 0 Å². The molecule has 0 aliphatic heterocycles. The molecule has 0 saturated heterocycles. The van der Waals surface area contributed by atoms with Crippen LogP contribution in [-0.4, -0.2) is 28.1 Å². The van der Waals surface area contributed by atoms with E-state index in [4.69, 9.17) is 0 Å². The van der Waals surface area contributed by atoms with E-state index in [9.17, 15) is 24.4 Å². The van der Waals surface area contributed by atoms with Gasteiger partial charge in [-0.15, -0.1) is 0 Å². The van der Waals surface area contributed by atoms with Crippen molar-refractivity contribution in [2.45, 2.75) is 44.8 Å². The number of amides is 1. The molecule has 2 rings (SSSR count). The number of nitrogens with one attached hydrogen (secondary N) is 1. The zero-order chi connectivity index (χ0) is 15.6. The van der Waals surface area contributed by atoms with Gasteiger partial charge in [0.2, 0.25) is 0 Å². The quantitative estimate of drug-likeness (QED) is 0.659. The van der Waals surface area contributed by atoms with Gasteiger partial charge in [0, 0.05) is 11.6 Å². The van der Waals surface area contributed by atoms with E-state index in [1.807, 2.05) is 0 Å². The molecule has 0 bridgehead atoms. The molecule has 0 aromatic heterocycles. The lowest BCUT2D eigenvalue weighted by Gasteiger charge is -2.26. The lowest BCUT2D eigenvalue weighted by molar-refractivity contribution is -0.385. The summed E-state index contributed by atoms with van der Waals surface area (Å²) in [6, 6.07) is 1.77. The summed E-state index contributed by atoms with van der Waals surface area (Å²) in [5, 5.41) is 23.2. The van der Waals surface area contributed by atoms with Crippen LogP contribution in [0.15, 0.2) is 12.1 Å². The van der Waals surface area contributed by atoms with Gasteiger partial charge in [0.05, 0.1) is 11.0 Å². The molecule has 0 spiro atoms. The summed E-state index contributed by atoms with van der Waals surface area (Å²) in [6.07, 6.45) is 2.01. The topological polar surface area (TPSA) is 92.5 Å². The van der Waals surface area contributed by atoms with Gasteiger partial charge in [-0.1, -0.05) is 0 Å². The number of hydrogen-bond donors (Lipinski definition) is 2. The minimum absolute atomic E-state index is 0.115. The average Bonchev–Trinajstić information content (AvgIpc) is 2.39.